The predicted octanol–water partition coefficient (Wildman–Crippen LogP) is 3.08. The fourth-order valence-corrected chi connectivity index (χ4v) is 1.94. The first kappa shape index (κ1) is 14.3. The molecule has 20 heavy (non-hydrogen) atoms. The Morgan fingerprint density at radius 3 is 2.70 bits per heavy atom. The van der Waals surface area contributed by atoms with E-state index in [9.17, 15) is 0 Å². The van der Waals surface area contributed by atoms with Crippen LogP contribution < -0.4 is 15.2 Å². The van der Waals surface area contributed by atoms with Crippen LogP contribution in [0, 0.1) is 0 Å². The average Bonchev–Trinajstić information content (AvgIpc) is 2.52. The van der Waals surface area contributed by atoms with E-state index in [1.165, 1.54) is 0 Å². The minimum Gasteiger partial charge on any atom is -0.487 e. The van der Waals surface area contributed by atoms with E-state index in [2.05, 4.69) is 11.9 Å². The minimum absolute atomic E-state index is 0.00975. The van der Waals surface area contributed by atoms with Crippen molar-refractivity contribution in [1.82, 2.24) is 4.98 Å². The number of rotatable bonds is 6. The van der Waals surface area contributed by atoms with Crippen molar-refractivity contribution in [3.05, 3.63) is 53.7 Å². The van der Waals surface area contributed by atoms with Gasteiger partial charge >= 0.3 is 0 Å². The number of ether oxygens (including phenoxy) is 2. The molecule has 1 atom stereocenters. The van der Waals surface area contributed by atoms with Gasteiger partial charge in [0, 0.05) is 17.7 Å². The molecule has 2 N–H and O–H groups in total. The molecule has 0 unspecified atom stereocenters. The molecule has 0 saturated carbocycles. The SMILES string of the molecule is CC[C@@H](N)c1ccccc1OCc1cccc(OC)n1. The van der Waals surface area contributed by atoms with E-state index in [1.807, 2.05) is 42.5 Å². The van der Waals surface area contributed by atoms with Crippen LogP contribution in [0.25, 0.3) is 0 Å². The number of nitrogens with zero attached hydrogens (tertiary/aromatic N) is 1. The maximum atomic E-state index is 6.09. The number of para-hydroxylation sites is 1. The van der Waals surface area contributed by atoms with Gasteiger partial charge in [-0.1, -0.05) is 31.2 Å². The first-order chi connectivity index (χ1) is 9.74. The zero-order valence-electron chi connectivity index (χ0n) is 11.9. The third-order valence-corrected chi connectivity index (χ3v) is 3.12. The van der Waals surface area contributed by atoms with Gasteiger partial charge in [-0.15, -0.1) is 0 Å². The molecule has 0 amide bonds. The van der Waals surface area contributed by atoms with E-state index in [1.54, 1.807) is 7.11 Å². The summed E-state index contributed by atoms with van der Waals surface area (Å²) < 4.78 is 10.9. The quantitative estimate of drug-likeness (QED) is 0.878. The summed E-state index contributed by atoms with van der Waals surface area (Å²) in [7, 11) is 1.60. The first-order valence-corrected chi connectivity index (χ1v) is 6.71. The Labute approximate surface area is 119 Å². The van der Waals surface area contributed by atoms with Crippen molar-refractivity contribution in [2.75, 3.05) is 7.11 Å². The number of nitrogens with two attached hydrogens (primary N) is 1. The Kier molecular flexibility index (Phi) is 4.96. The van der Waals surface area contributed by atoms with E-state index >= 15 is 0 Å². The molecule has 1 aromatic carbocycles. The number of hydrogen-bond donors (Lipinski definition) is 1. The number of pyridine rings is 1. The zero-order valence-corrected chi connectivity index (χ0v) is 11.9. The molecule has 0 aliphatic rings. The zero-order chi connectivity index (χ0) is 14.4. The highest BCUT2D eigenvalue weighted by Crippen LogP contribution is 2.26. The molecule has 4 nitrogen and oxygen atoms in total. The summed E-state index contributed by atoms with van der Waals surface area (Å²) in [6, 6.07) is 13.5. The van der Waals surface area contributed by atoms with Crippen molar-refractivity contribution in [2.24, 2.45) is 5.73 Å². The first-order valence-electron chi connectivity index (χ1n) is 6.71. The highest BCUT2D eigenvalue weighted by Gasteiger charge is 2.10. The van der Waals surface area contributed by atoms with Crippen molar-refractivity contribution in [3.63, 3.8) is 0 Å². The fourth-order valence-electron chi connectivity index (χ4n) is 1.94. The summed E-state index contributed by atoms with van der Waals surface area (Å²) in [4.78, 5) is 4.32. The molecule has 2 aromatic rings. The Balaban J connectivity index is 2.10. The van der Waals surface area contributed by atoms with Crippen LogP contribution in [0.1, 0.15) is 30.6 Å². The highest BCUT2D eigenvalue weighted by atomic mass is 16.5. The lowest BCUT2D eigenvalue weighted by atomic mass is 10.0. The second-order valence-corrected chi connectivity index (χ2v) is 4.51. The lowest BCUT2D eigenvalue weighted by Crippen LogP contribution is -2.11. The Morgan fingerprint density at radius 1 is 1.15 bits per heavy atom. The van der Waals surface area contributed by atoms with Crippen LogP contribution in [0.5, 0.6) is 11.6 Å². The van der Waals surface area contributed by atoms with Crippen LogP contribution in [0.15, 0.2) is 42.5 Å². The second-order valence-electron chi connectivity index (χ2n) is 4.51. The molecule has 0 bridgehead atoms. The topological polar surface area (TPSA) is 57.4 Å². The van der Waals surface area contributed by atoms with Gasteiger partial charge in [-0.2, -0.15) is 0 Å². The average molecular weight is 272 g/mol. The molecule has 0 saturated heterocycles. The molecule has 1 aromatic heterocycles. The van der Waals surface area contributed by atoms with Crippen LogP contribution in [-0.4, -0.2) is 12.1 Å². The van der Waals surface area contributed by atoms with Crippen LogP contribution in [0.2, 0.25) is 0 Å². The van der Waals surface area contributed by atoms with Gasteiger partial charge in [0.2, 0.25) is 5.88 Å². The van der Waals surface area contributed by atoms with Crippen LogP contribution in [-0.2, 0) is 6.61 Å². The molecule has 0 spiro atoms. The number of methoxy groups -OCH3 is 1. The molecule has 0 radical (unpaired) electrons. The van der Waals surface area contributed by atoms with Crippen molar-refractivity contribution in [1.29, 1.82) is 0 Å². The van der Waals surface area contributed by atoms with Gasteiger partial charge in [-0.25, -0.2) is 4.98 Å². The third-order valence-electron chi connectivity index (χ3n) is 3.12. The number of benzene rings is 1. The number of aromatic nitrogens is 1. The van der Waals surface area contributed by atoms with Gasteiger partial charge in [0.05, 0.1) is 12.8 Å². The van der Waals surface area contributed by atoms with Crippen LogP contribution >= 0.6 is 0 Å². The van der Waals surface area contributed by atoms with Gasteiger partial charge in [0.1, 0.15) is 12.4 Å². The van der Waals surface area contributed by atoms with Crippen LogP contribution in [0.3, 0.4) is 0 Å². The monoisotopic (exact) mass is 272 g/mol. The molecular formula is C16H20N2O2. The van der Waals surface area contributed by atoms with E-state index < -0.39 is 0 Å². The molecule has 1 heterocycles. The van der Waals surface area contributed by atoms with Gasteiger partial charge in [-0.05, 0) is 18.6 Å². The Hall–Kier alpha value is -2.07. The van der Waals surface area contributed by atoms with Gasteiger partial charge in [0.25, 0.3) is 0 Å². The summed E-state index contributed by atoms with van der Waals surface area (Å²) in [5.41, 5.74) is 7.94. The highest BCUT2D eigenvalue weighted by molar-refractivity contribution is 5.35. The largest absolute Gasteiger partial charge is 0.487 e. The molecular weight excluding hydrogens is 252 g/mol. The molecule has 0 fully saturated rings. The van der Waals surface area contributed by atoms with Gasteiger partial charge < -0.3 is 15.2 Å². The van der Waals surface area contributed by atoms with Crippen molar-refractivity contribution < 1.29 is 9.47 Å². The maximum Gasteiger partial charge on any atom is 0.213 e. The standard InChI is InChI=1S/C16H20N2O2/c1-3-14(17)13-8-4-5-9-15(13)20-11-12-7-6-10-16(18-12)19-2/h4-10,14H,3,11,17H2,1-2H3/t14-/m1/s1. The van der Waals surface area contributed by atoms with E-state index in [4.69, 9.17) is 15.2 Å². The lowest BCUT2D eigenvalue weighted by molar-refractivity contribution is 0.293. The van der Waals surface area contributed by atoms with E-state index in [0.29, 0.717) is 12.5 Å². The molecule has 0 aliphatic heterocycles. The molecule has 4 heteroatoms. The summed E-state index contributed by atoms with van der Waals surface area (Å²) in [5.74, 6) is 1.40. The fraction of sp³-hybridized carbons (Fsp3) is 0.312. The summed E-state index contributed by atoms with van der Waals surface area (Å²) in [6.07, 6.45) is 0.873. The normalized spacial score (nSPS) is 11.9. The van der Waals surface area contributed by atoms with Gasteiger partial charge in [-0.3, -0.25) is 0 Å². The van der Waals surface area contributed by atoms with E-state index in [0.717, 1.165) is 23.4 Å². The number of hydrogen-bond acceptors (Lipinski definition) is 4. The molecule has 106 valence electrons. The lowest BCUT2D eigenvalue weighted by Gasteiger charge is -2.15. The van der Waals surface area contributed by atoms with Crippen molar-refractivity contribution in [3.8, 4) is 11.6 Å². The van der Waals surface area contributed by atoms with Crippen molar-refractivity contribution in [2.45, 2.75) is 26.0 Å². The predicted molar refractivity (Wildman–Crippen MR) is 78.8 cm³/mol. The van der Waals surface area contributed by atoms with Gasteiger partial charge in [0.15, 0.2) is 0 Å². The minimum atomic E-state index is -0.00975. The van der Waals surface area contributed by atoms with Crippen molar-refractivity contribution >= 4 is 0 Å². The second kappa shape index (κ2) is 6.91. The third kappa shape index (κ3) is 3.48. The van der Waals surface area contributed by atoms with E-state index in [-0.39, 0.29) is 6.04 Å². The summed E-state index contributed by atoms with van der Waals surface area (Å²) in [5, 5.41) is 0. The Bertz CT molecular complexity index is 558. The summed E-state index contributed by atoms with van der Waals surface area (Å²) in [6.45, 7) is 2.45. The Morgan fingerprint density at radius 2 is 1.95 bits per heavy atom. The molecule has 2 rings (SSSR count). The summed E-state index contributed by atoms with van der Waals surface area (Å²) >= 11 is 0. The molecule has 0 aliphatic carbocycles. The maximum absolute atomic E-state index is 6.09. The van der Waals surface area contributed by atoms with Crippen LogP contribution in [0.4, 0.5) is 0 Å². The smallest absolute Gasteiger partial charge is 0.213 e.